The van der Waals surface area contributed by atoms with Crippen molar-refractivity contribution >= 4 is 17.2 Å². The molecule has 7 heteroatoms. The van der Waals surface area contributed by atoms with Gasteiger partial charge in [0.1, 0.15) is 0 Å². The van der Waals surface area contributed by atoms with Gasteiger partial charge in [-0.2, -0.15) is 21.5 Å². The Kier molecular flexibility index (Phi) is 5.24. The minimum Gasteiger partial charge on any atom is -0.335 e. The van der Waals surface area contributed by atoms with Gasteiger partial charge in [0.05, 0.1) is 17.1 Å². The molecule has 5 rings (SSSR count). The molecule has 6 nitrogen and oxygen atoms in total. The zero-order valence-corrected chi connectivity index (χ0v) is 20.6. The summed E-state index contributed by atoms with van der Waals surface area (Å²) in [5.74, 6) is -0.0334. The summed E-state index contributed by atoms with van der Waals surface area (Å²) in [6.45, 7) is 8.32. The third-order valence-corrected chi connectivity index (χ3v) is 7.30. The van der Waals surface area contributed by atoms with Crippen molar-refractivity contribution < 1.29 is 4.79 Å². The number of hydrogen-bond donors (Lipinski definition) is 1. The molecule has 1 aliphatic carbocycles. The first kappa shape index (κ1) is 21.6. The highest BCUT2D eigenvalue weighted by Crippen LogP contribution is 2.41. The van der Waals surface area contributed by atoms with E-state index in [1.165, 1.54) is 11.1 Å². The summed E-state index contributed by atoms with van der Waals surface area (Å²) in [7, 11) is 1.86. The number of H-pyrrole nitrogens is 1. The molecule has 0 atom stereocenters. The highest BCUT2D eigenvalue weighted by molar-refractivity contribution is 7.08. The molecule has 0 bridgehead atoms. The summed E-state index contributed by atoms with van der Waals surface area (Å²) in [5, 5.41) is 16.4. The van der Waals surface area contributed by atoms with Gasteiger partial charge in [0, 0.05) is 40.9 Å². The van der Waals surface area contributed by atoms with Crippen molar-refractivity contribution in [3.63, 3.8) is 0 Å². The van der Waals surface area contributed by atoms with E-state index in [-0.39, 0.29) is 11.4 Å². The lowest BCUT2D eigenvalue weighted by molar-refractivity contribution is 0.0648. The predicted octanol–water partition coefficient (Wildman–Crippen LogP) is 5.52. The maximum absolute atomic E-state index is 13.6. The van der Waals surface area contributed by atoms with Crippen molar-refractivity contribution in [3.8, 4) is 28.2 Å². The van der Waals surface area contributed by atoms with E-state index in [1.54, 1.807) is 16.2 Å². The largest absolute Gasteiger partial charge is 0.335 e. The van der Waals surface area contributed by atoms with Crippen LogP contribution in [0.25, 0.3) is 28.2 Å². The fourth-order valence-corrected chi connectivity index (χ4v) is 5.10. The van der Waals surface area contributed by atoms with E-state index >= 15 is 0 Å². The molecule has 0 unspecified atom stereocenters. The molecule has 1 aliphatic rings. The van der Waals surface area contributed by atoms with E-state index in [0.29, 0.717) is 5.69 Å². The number of carbonyl (C=O) groups excluding carboxylic acids is 1. The topological polar surface area (TPSA) is 66.8 Å². The molecule has 0 saturated carbocycles. The number of nitrogens with zero attached hydrogens (tertiary/aromatic N) is 4. The summed E-state index contributed by atoms with van der Waals surface area (Å²) >= 11 is 1.63. The average Bonchev–Trinajstić information content (AvgIpc) is 3.56. The van der Waals surface area contributed by atoms with Crippen LogP contribution in [0.1, 0.15) is 54.9 Å². The van der Waals surface area contributed by atoms with Gasteiger partial charge < -0.3 is 4.90 Å². The van der Waals surface area contributed by atoms with Gasteiger partial charge in [-0.05, 0) is 74.7 Å². The molecule has 170 valence electrons. The Morgan fingerprint density at radius 3 is 2.67 bits per heavy atom. The van der Waals surface area contributed by atoms with Crippen molar-refractivity contribution in [1.29, 1.82) is 0 Å². The van der Waals surface area contributed by atoms with Gasteiger partial charge in [-0.15, -0.1) is 0 Å². The smallest absolute Gasteiger partial charge is 0.274 e. The molecule has 1 N–H and O–H groups in total. The number of aromatic nitrogens is 4. The Labute approximate surface area is 198 Å². The third-order valence-electron chi connectivity index (χ3n) is 6.63. The molecule has 0 spiro atoms. The molecule has 3 aromatic heterocycles. The number of nitrogens with one attached hydrogen (secondary N) is 1. The molecule has 0 fully saturated rings. The first-order chi connectivity index (χ1) is 15.8. The number of aromatic amines is 1. The molecule has 0 radical (unpaired) electrons. The van der Waals surface area contributed by atoms with Crippen LogP contribution >= 0.6 is 11.3 Å². The van der Waals surface area contributed by atoms with Crippen LogP contribution in [-0.4, -0.2) is 43.4 Å². The van der Waals surface area contributed by atoms with Crippen LogP contribution in [-0.2, 0) is 19.3 Å². The monoisotopic (exact) mass is 459 g/mol. The van der Waals surface area contributed by atoms with Crippen molar-refractivity contribution in [3.05, 3.63) is 63.6 Å². The van der Waals surface area contributed by atoms with Crippen LogP contribution in [0.4, 0.5) is 0 Å². The normalized spacial score (nSPS) is 13.0. The minimum atomic E-state index is -0.286. The lowest BCUT2D eigenvalue weighted by Crippen LogP contribution is -2.43. The van der Waals surface area contributed by atoms with Crippen LogP contribution in [0.2, 0.25) is 0 Å². The fraction of sp³-hybridized carbons (Fsp3) is 0.346. The summed E-state index contributed by atoms with van der Waals surface area (Å²) in [5.41, 5.74) is 9.12. The molecular formula is C26H29N5OS. The summed E-state index contributed by atoms with van der Waals surface area (Å²) in [4.78, 5) is 15.3. The number of thiophene rings is 1. The first-order valence-corrected chi connectivity index (χ1v) is 12.3. The number of benzene rings is 1. The van der Waals surface area contributed by atoms with Crippen LogP contribution in [0, 0.1) is 0 Å². The van der Waals surface area contributed by atoms with Crippen molar-refractivity contribution in [2.24, 2.45) is 0 Å². The number of hydrogen-bond acceptors (Lipinski definition) is 4. The van der Waals surface area contributed by atoms with E-state index in [4.69, 9.17) is 5.10 Å². The number of amides is 1. The molecule has 1 aromatic carbocycles. The molecular weight excluding hydrogens is 430 g/mol. The quantitative estimate of drug-likeness (QED) is 0.437. The van der Waals surface area contributed by atoms with Crippen LogP contribution in [0.5, 0.6) is 0 Å². The zero-order chi connectivity index (χ0) is 23.3. The molecule has 0 saturated heterocycles. The highest BCUT2D eigenvalue weighted by atomic mass is 32.1. The Balaban J connectivity index is 1.75. The van der Waals surface area contributed by atoms with Gasteiger partial charge in [0.25, 0.3) is 5.91 Å². The summed E-state index contributed by atoms with van der Waals surface area (Å²) in [6, 6.07) is 8.63. The molecule has 0 aliphatic heterocycles. The standard InChI is InChI=1S/C26H29N5OS/c1-6-16-13-17-7-8-19-23(25(32)30(5)26(2,3)4)29-31(18-10-12-33-15-18)24(19)21(17)14-20(16)22-9-11-27-28-22/h9-15H,6-8H2,1-5H3,(H,27,28). The maximum atomic E-state index is 13.6. The maximum Gasteiger partial charge on any atom is 0.274 e. The van der Waals surface area contributed by atoms with E-state index in [9.17, 15) is 4.79 Å². The third kappa shape index (κ3) is 3.60. The first-order valence-electron chi connectivity index (χ1n) is 11.4. The molecule has 1 amide bonds. The summed E-state index contributed by atoms with van der Waals surface area (Å²) < 4.78 is 1.97. The van der Waals surface area contributed by atoms with Crippen LogP contribution in [0.3, 0.4) is 0 Å². The van der Waals surface area contributed by atoms with E-state index in [2.05, 4.69) is 40.7 Å². The van der Waals surface area contributed by atoms with E-state index in [0.717, 1.165) is 53.0 Å². The van der Waals surface area contributed by atoms with Gasteiger partial charge in [-0.3, -0.25) is 9.89 Å². The minimum absolute atomic E-state index is 0.0334. The van der Waals surface area contributed by atoms with E-state index in [1.807, 2.05) is 50.1 Å². The fourth-order valence-electron chi connectivity index (χ4n) is 4.49. The predicted molar refractivity (Wildman–Crippen MR) is 133 cm³/mol. The number of rotatable bonds is 4. The zero-order valence-electron chi connectivity index (χ0n) is 19.8. The second kappa shape index (κ2) is 7.99. The number of aryl methyl sites for hydroxylation is 2. The van der Waals surface area contributed by atoms with Crippen molar-refractivity contribution in [2.45, 2.75) is 52.5 Å². The Morgan fingerprint density at radius 2 is 2.03 bits per heavy atom. The summed E-state index contributed by atoms with van der Waals surface area (Å²) in [6.07, 6.45) is 4.49. The second-order valence-corrected chi connectivity index (χ2v) is 10.4. The second-order valence-electron chi connectivity index (χ2n) is 9.58. The SMILES string of the molecule is CCc1cc2c(cc1-c1cc[nH]n1)-c1c(c(C(=O)N(C)C(C)(C)C)nn1-c1ccsc1)CC2. The Morgan fingerprint density at radius 1 is 1.21 bits per heavy atom. The average molecular weight is 460 g/mol. The van der Waals surface area contributed by atoms with Gasteiger partial charge in [0.15, 0.2) is 5.69 Å². The lowest BCUT2D eigenvalue weighted by Gasteiger charge is -2.31. The molecule has 33 heavy (non-hydrogen) atoms. The van der Waals surface area contributed by atoms with Gasteiger partial charge in [-0.25, -0.2) is 4.68 Å². The van der Waals surface area contributed by atoms with Gasteiger partial charge in [0.2, 0.25) is 0 Å². The van der Waals surface area contributed by atoms with Crippen LogP contribution in [0.15, 0.2) is 41.2 Å². The Hall–Kier alpha value is -3.19. The van der Waals surface area contributed by atoms with Crippen LogP contribution < -0.4 is 0 Å². The van der Waals surface area contributed by atoms with E-state index < -0.39 is 0 Å². The van der Waals surface area contributed by atoms with Gasteiger partial charge >= 0.3 is 0 Å². The van der Waals surface area contributed by atoms with Crippen molar-refractivity contribution in [2.75, 3.05) is 7.05 Å². The van der Waals surface area contributed by atoms with Gasteiger partial charge in [-0.1, -0.05) is 13.0 Å². The number of fused-ring (bicyclic) bond motifs is 3. The molecule has 3 heterocycles. The molecule has 4 aromatic rings. The highest BCUT2D eigenvalue weighted by Gasteiger charge is 2.33. The lowest BCUT2D eigenvalue weighted by atomic mass is 9.84. The Bertz CT molecular complexity index is 1310. The number of carbonyl (C=O) groups is 1. The van der Waals surface area contributed by atoms with Crippen molar-refractivity contribution in [1.82, 2.24) is 24.9 Å².